The lowest BCUT2D eigenvalue weighted by Crippen LogP contribution is -2.44. The topological polar surface area (TPSA) is 46.3 Å². The molecule has 0 spiro atoms. The highest BCUT2D eigenvalue weighted by Gasteiger charge is 2.27. The average molecular weight is 256 g/mol. The quantitative estimate of drug-likeness (QED) is 0.743. The zero-order valence-electron chi connectivity index (χ0n) is 10.9. The predicted molar refractivity (Wildman–Crippen MR) is 74.8 cm³/mol. The number of nitrogens with zero attached hydrogens (tertiary/aromatic N) is 1. The van der Waals surface area contributed by atoms with Crippen molar-refractivity contribution in [3.05, 3.63) is 0 Å². The van der Waals surface area contributed by atoms with Crippen LogP contribution in [0.2, 0.25) is 0 Å². The van der Waals surface area contributed by atoms with Crippen LogP contribution in [0.15, 0.2) is 0 Å². The van der Waals surface area contributed by atoms with E-state index in [2.05, 4.69) is 13.8 Å². The number of rotatable bonds is 6. The summed E-state index contributed by atoms with van der Waals surface area (Å²) in [6.45, 7) is 4.69. The van der Waals surface area contributed by atoms with Gasteiger partial charge in [-0.2, -0.15) is 0 Å². The Balaban J connectivity index is 2.60. The highest BCUT2D eigenvalue weighted by Crippen LogP contribution is 2.24. The van der Waals surface area contributed by atoms with Crippen molar-refractivity contribution in [3.8, 4) is 0 Å². The zero-order valence-corrected chi connectivity index (χ0v) is 11.8. The minimum Gasteiger partial charge on any atom is -0.392 e. The molecule has 1 saturated carbocycles. The van der Waals surface area contributed by atoms with Crippen LogP contribution in [0.25, 0.3) is 0 Å². The summed E-state index contributed by atoms with van der Waals surface area (Å²) >= 11 is 4.95. The van der Waals surface area contributed by atoms with E-state index in [4.69, 9.17) is 18.0 Å². The molecule has 1 unspecified atom stereocenters. The molecule has 0 aliphatic heterocycles. The van der Waals surface area contributed by atoms with Crippen LogP contribution in [-0.4, -0.2) is 28.4 Å². The first-order valence-corrected chi connectivity index (χ1v) is 7.03. The van der Waals surface area contributed by atoms with Gasteiger partial charge in [-0.15, -0.1) is 0 Å². The molecule has 1 aliphatic carbocycles. The second-order valence-electron chi connectivity index (χ2n) is 5.14. The Morgan fingerprint density at radius 2 is 2.06 bits per heavy atom. The molecule has 0 aromatic heterocycles. The standard InChI is InChI=1S/C13H24N2OS/c1-3-10(2)8-13(16)15(9-12(14)17)11-6-4-5-7-11/h10-11H,3-9H2,1-2H3,(H2,14,17). The van der Waals surface area contributed by atoms with E-state index in [1.54, 1.807) is 0 Å². The summed E-state index contributed by atoms with van der Waals surface area (Å²) in [5.74, 6) is 0.664. The Morgan fingerprint density at radius 1 is 1.47 bits per heavy atom. The van der Waals surface area contributed by atoms with Gasteiger partial charge in [0.25, 0.3) is 0 Å². The number of hydrogen-bond acceptors (Lipinski definition) is 2. The van der Waals surface area contributed by atoms with Crippen molar-refractivity contribution in [2.45, 2.75) is 58.4 Å². The maximum absolute atomic E-state index is 12.2. The van der Waals surface area contributed by atoms with Gasteiger partial charge in [0.2, 0.25) is 5.91 Å². The molecule has 0 aromatic rings. The molecule has 2 N–H and O–H groups in total. The summed E-state index contributed by atoms with van der Waals surface area (Å²) in [5, 5.41) is 0. The van der Waals surface area contributed by atoms with E-state index in [9.17, 15) is 4.79 Å². The number of thiocarbonyl (C=S) groups is 1. The van der Waals surface area contributed by atoms with Crippen molar-refractivity contribution in [1.82, 2.24) is 4.90 Å². The van der Waals surface area contributed by atoms with Gasteiger partial charge in [-0.1, -0.05) is 45.3 Å². The molecular formula is C13H24N2OS. The molecule has 0 saturated heterocycles. The Kier molecular flexibility index (Phi) is 5.89. The number of amides is 1. The van der Waals surface area contributed by atoms with Crippen LogP contribution in [0.5, 0.6) is 0 Å². The van der Waals surface area contributed by atoms with Crippen LogP contribution in [0.1, 0.15) is 52.4 Å². The van der Waals surface area contributed by atoms with Gasteiger partial charge < -0.3 is 10.6 Å². The molecule has 98 valence electrons. The Morgan fingerprint density at radius 3 is 2.53 bits per heavy atom. The Labute approximate surface area is 110 Å². The van der Waals surface area contributed by atoms with Gasteiger partial charge in [0.15, 0.2) is 0 Å². The van der Waals surface area contributed by atoms with E-state index in [1.807, 2.05) is 4.90 Å². The summed E-state index contributed by atoms with van der Waals surface area (Å²) in [4.78, 5) is 14.6. The van der Waals surface area contributed by atoms with Crippen LogP contribution in [-0.2, 0) is 4.79 Å². The largest absolute Gasteiger partial charge is 0.392 e. The van der Waals surface area contributed by atoms with Crippen molar-refractivity contribution in [2.24, 2.45) is 11.7 Å². The number of carbonyl (C=O) groups is 1. The highest BCUT2D eigenvalue weighted by atomic mass is 32.1. The van der Waals surface area contributed by atoms with Gasteiger partial charge in [-0.05, 0) is 18.8 Å². The van der Waals surface area contributed by atoms with Crippen LogP contribution in [0, 0.1) is 5.92 Å². The molecule has 1 fully saturated rings. The summed E-state index contributed by atoms with van der Waals surface area (Å²) in [6.07, 6.45) is 6.31. The summed E-state index contributed by atoms with van der Waals surface area (Å²) in [7, 11) is 0. The zero-order chi connectivity index (χ0) is 12.8. The fourth-order valence-electron chi connectivity index (χ4n) is 2.36. The van der Waals surface area contributed by atoms with E-state index < -0.39 is 0 Å². The molecule has 1 atom stereocenters. The SMILES string of the molecule is CCC(C)CC(=O)N(CC(N)=S)C1CCCC1. The van der Waals surface area contributed by atoms with Gasteiger partial charge in [-0.25, -0.2) is 0 Å². The molecule has 0 bridgehead atoms. The molecule has 4 heteroatoms. The fourth-order valence-corrected chi connectivity index (χ4v) is 2.50. The lowest BCUT2D eigenvalue weighted by molar-refractivity contribution is -0.133. The minimum absolute atomic E-state index is 0.221. The maximum Gasteiger partial charge on any atom is 0.223 e. The third kappa shape index (κ3) is 4.62. The van der Waals surface area contributed by atoms with Crippen molar-refractivity contribution in [1.29, 1.82) is 0 Å². The van der Waals surface area contributed by atoms with Crippen LogP contribution >= 0.6 is 12.2 Å². The molecule has 17 heavy (non-hydrogen) atoms. The molecule has 1 amide bonds. The number of hydrogen-bond donors (Lipinski definition) is 1. The molecule has 1 rings (SSSR count). The van der Waals surface area contributed by atoms with Gasteiger partial charge in [-0.3, -0.25) is 4.79 Å². The fraction of sp³-hybridized carbons (Fsp3) is 0.846. The third-order valence-corrected chi connectivity index (χ3v) is 3.76. The average Bonchev–Trinajstić information content (AvgIpc) is 2.78. The first-order chi connectivity index (χ1) is 8.04. The second-order valence-corrected chi connectivity index (χ2v) is 5.67. The normalized spacial score (nSPS) is 18.0. The molecule has 1 aliphatic rings. The summed E-state index contributed by atoms with van der Waals surface area (Å²) in [6, 6.07) is 0.369. The third-order valence-electron chi connectivity index (χ3n) is 3.63. The lowest BCUT2D eigenvalue weighted by Gasteiger charge is -2.29. The molecule has 0 heterocycles. The highest BCUT2D eigenvalue weighted by molar-refractivity contribution is 7.80. The molecule has 3 nitrogen and oxygen atoms in total. The minimum atomic E-state index is 0.221. The van der Waals surface area contributed by atoms with Crippen molar-refractivity contribution in [2.75, 3.05) is 6.54 Å². The van der Waals surface area contributed by atoms with Gasteiger partial charge >= 0.3 is 0 Å². The summed E-state index contributed by atoms with van der Waals surface area (Å²) in [5.41, 5.74) is 5.60. The smallest absolute Gasteiger partial charge is 0.223 e. The van der Waals surface area contributed by atoms with Crippen molar-refractivity contribution in [3.63, 3.8) is 0 Å². The van der Waals surface area contributed by atoms with Crippen LogP contribution in [0.3, 0.4) is 0 Å². The summed E-state index contributed by atoms with van der Waals surface area (Å²) < 4.78 is 0. The molecular weight excluding hydrogens is 232 g/mol. The number of carbonyl (C=O) groups excluding carboxylic acids is 1. The first kappa shape index (κ1) is 14.4. The van der Waals surface area contributed by atoms with Crippen LogP contribution in [0.4, 0.5) is 0 Å². The van der Waals surface area contributed by atoms with E-state index in [1.165, 1.54) is 12.8 Å². The predicted octanol–water partition coefficient (Wildman–Crippen LogP) is 2.48. The second kappa shape index (κ2) is 6.94. The van der Waals surface area contributed by atoms with Crippen molar-refractivity contribution >= 4 is 23.1 Å². The molecule has 0 radical (unpaired) electrons. The van der Waals surface area contributed by atoms with E-state index in [-0.39, 0.29) is 5.91 Å². The van der Waals surface area contributed by atoms with Crippen LogP contribution < -0.4 is 5.73 Å². The maximum atomic E-state index is 12.2. The van der Waals surface area contributed by atoms with Gasteiger partial charge in [0.05, 0.1) is 11.5 Å². The lowest BCUT2D eigenvalue weighted by atomic mass is 10.0. The van der Waals surface area contributed by atoms with Crippen molar-refractivity contribution < 1.29 is 4.79 Å². The van der Waals surface area contributed by atoms with E-state index in [0.29, 0.717) is 29.9 Å². The van der Waals surface area contributed by atoms with E-state index >= 15 is 0 Å². The van der Waals surface area contributed by atoms with E-state index in [0.717, 1.165) is 19.3 Å². The Bertz CT molecular complexity index is 275. The first-order valence-electron chi connectivity index (χ1n) is 6.62. The monoisotopic (exact) mass is 256 g/mol. The Hall–Kier alpha value is -0.640. The van der Waals surface area contributed by atoms with Gasteiger partial charge in [0, 0.05) is 12.5 Å². The molecule has 0 aromatic carbocycles. The number of nitrogens with two attached hydrogens (primary N) is 1. The van der Waals surface area contributed by atoms with Gasteiger partial charge in [0.1, 0.15) is 0 Å².